The number of aryl methyl sites for hydroxylation is 1. The molecule has 0 radical (unpaired) electrons. The quantitative estimate of drug-likeness (QED) is 0.743. The molecule has 0 saturated carbocycles. The van der Waals surface area contributed by atoms with E-state index in [2.05, 4.69) is 17.1 Å². The van der Waals surface area contributed by atoms with E-state index in [1.54, 1.807) is 6.20 Å². The number of rotatable bonds is 2. The second kappa shape index (κ2) is 3.05. The van der Waals surface area contributed by atoms with Gasteiger partial charge in [-0.1, -0.05) is 19.4 Å². The molecule has 4 heteroatoms. The molecule has 0 amide bonds. The highest BCUT2D eigenvalue weighted by Gasteiger charge is 2.03. The van der Waals surface area contributed by atoms with Crippen LogP contribution in [0.2, 0.25) is 0 Å². The van der Waals surface area contributed by atoms with Gasteiger partial charge in [-0.05, 0) is 18.1 Å². The maximum atomic E-state index is 11.2. The number of fused-ring (bicyclic) bond motifs is 1. The Balaban J connectivity index is 2.69. The SMILES string of the molecule is CCCc1cccn2c(=O)[nH]nc12. The lowest BCUT2D eigenvalue weighted by molar-refractivity contribution is 0.914. The predicted octanol–water partition coefficient (Wildman–Crippen LogP) is 0.975. The smallest absolute Gasteiger partial charge is 0.250 e. The summed E-state index contributed by atoms with van der Waals surface area (Å²) in [6.45, 7) is 2.11. The second-order valence-electron chi connectivity index (χ2n) is 3.01. The number of nitrogens with zero attached hydrogens (tertiary/aromatic N) is 2. The number of aromatic amines is 1. The summed E-state index contributed by atoms with van der Waals surface area (Å²) in [5.41, 5.74) is 1.69. The topological polar surface area (TPSA) is 50.2 Å². The highest BCUT2D eigenvalue weighted by Crippen LogP contribution is 2.07. The van der Waals surface area contributed by atoms with Gasteiger partial charge in [0.05, 0.1) is 0 Å². The lowest BCUT2D eigenvalue weighted by atomic mass is 10.1. The van der Waals surface area contributed by atoms with Crippen molar-refractivity contribution in [2.45, 2.75) is 19.8 Å². The zero-order chi connectivity index (χ0) is 9.26. The van der Waals surface area contributed by atoms with Crippen LogP contribution in [0, 0.1) is 0 Å². The van der Waals surface area contributed by atoms with Crippen LogP contribution in [0.15, 0.2) is 23.1 Å². The molecule has 0 atom stereocenters. The molecule has 0 saturated heterocycles. The van der Waals surface area contributed by atoms with Crippen LogP contribution in [0.4, 0.5) is 0 Å². The van der Waals surface area contributed by atoms with Crippen LogP contribution in [-0.2, 0) is 6.42 Å². The maximum absolute atomic E-state index is 11.2. The Morgan fingerprint density at radius 3 is 3.23 bits per heavy atom. The molecule has 2 heterocycles. The fraction of sp³-hybridized carbons (Fsp3) is 0.333. The highest BCUT2D eigenvalue weighted by atomic mass is 16.1. The Morgan fingerprint density at radius 2 is 2.46 bits per heavy atom. The largest absolute Gasteiger partial charge is 0.347 e. The molecule has 0 aliphatic heterocycles. The van der Waals surface area contributed by atoms with Gasteiger partial charge >= 0.3 is 5.69 Å². The fourth-order valence-corrected chi connectivity index (χ4v) is 1.45. The van der Waals surface area contributed by atoms with E-state index in [0.29, 0.717) is 0 Å². The molecule has 0 aliphatic rings. The van der Waals surface area contributed by atoms with E-state index in [0.717, 1.165) is 24.1 Å². The summed E-state index contributed by atoms with van der Waals surface area (Å²) >= 11 is 0. The van der Waals surface area contributed by atoms with Gasteiger partial charge in [-0.25, -0.2) is 9.89 Å². The zero-order valence-corrected chi connectivity index (χ0v) is 7.45. The van der Waals surface area contributed by atoms with E-state index >= 15 is 0 Å². The maximum Gasteiger partial charge on any atom is 0.347 e. The van der Waals surface area contributed by atoms with Crippen molar-refractivity contribution in [2.24, 2.45) is 0 Å². The third-order valence-electron chi connectivity index (χ3n) is 2.04. The Bertz CT molecular complexity index is 469. The molecule has 2 aromatic rings. The summed E-state index contributed by atoms with van der Waals surface area (Å²) in [5, 5.41) is 6.40. The van der Waals surface area contributed by atoms with Gasteiger partial charge in [-0.2, -0.15) is 5.10 Å². The van der Waals surface area contributed by atoms with Crippen molar-refractivity contribution in [1.29, 1.82) is 0 Å². The minimum absolute atomic E-state index is 0.173. The summed E-state index contributed by atoms with van der Waals surface area (Å²) < 4.78 is 1.53. The summed E-state index contributed by atoms with van der Waals surface area (Å²) in [5.74, 6) is 0. The van der Waals surface area contributed by atoms with Crippen LogP contribution in [0.25, 0.3) is 5.65 Å². The van der Waals surface area contributed by atoms with Crippen LogP contribution >= 0.6 is 0 Å². The van der Waals surface area contributed by atoms with Crippen LogP contribution < -0.4 is 5.69 Å². The van der Waals surface area contributed by atoms with Crippen molar-refractivity contribution < 1.29 is 0 Å². The molecule has 4 nitrogen and oxygen atoms in total. The van der Waals surface area contributed by atoms with E-state index in [-0.39, 0.29) is 5.69 Å². The van der Waals surface area contributed by atoms with E-state index in [1.807, 2.05) is 12.1 Å². The molecular formula is C9H11N3O. The predicted molar refractivity (Wildman–Crippen MR) is 49.8 cm³/mol. The van der Waals surface area contributed by atoms with Gasteiger partial charge in [0, 0.05) is 6.20 Å². The summed E-state index contributed by atoms with van der Waals surface area (Å²) in [7, 11) is 0. The van der Waals surface area contributed by atoms with Gasteiger partial charge in [0.25, 0.3) is 0 Å². The Hall–Kier alpha value is -1.58. The first-order valence-corrected chi connectivity index (χ1v) is 4.37. The first-order chi connectivity index (χ1) is 6.33. The number of H-pyrrole nitrogens is 1. The highest BCUT2D eigenvalue weighted by molar-refractivity contribution is 5.46. The molecule has 0 aliphatic carbocycles. The van der Waals surface area contributed by atoms with Gasteiger partial charge < -0.3 is 0 Å². The molecule has 0 spiro atoms. The number of nitrogens with one attached hydrogen (secondary N) is 1. The average molecular weight is 177 g/mol. The molecule has 0 bridgehead atoms. The first kappa shape index (κ1) is 8.04. The molecule has 1 N–H and O–H groups in total. The van der Waals surface area contributed by atoms with Crippen LogP contribution in [0.5, 0.6) is 0 Å². The van der Waals surface area contributed by atoms with E-state index < -0.39 is 0 Å². The second-order valence-corrected chi connectivity index (χ2v) is 3.01. The lowest BCUT2D eigenvalue weighted by Crippen LogP contribution is -2.08. The normalized spacial score (nSPS) is 10.8. The number of pyridine rings is 1. The molecule has 2 aromatic heterocycles. The minimum atomic E-state index is -0.173. The van der Waals surface area contributed by atoms with Crippen LogP contribution in [-0.4, -0.2) is 14.6 Å². The minimum Gasteiger partial charge on any atom is -0.250 e. The van der Waals surface area contributed by atoms with E-state index in [4.69, 9.17) is 0 Å². The molecule has 2 rings (SSSR count). The number of aromatic nitrogens is 3. The van der Waals surface area contributed by atoms with Gasteiger partial charge in [-0.3, -0.25) is 4.40 Å². The van der Waals surface area contributed by atoms with Gasteiger partial charge in [0.1, 0.15) is 0 Å². The Kier molecular flexibility index (Phi) is 1.88. The summed E-state index contributed by atoms with van der Waals surface area (Å²) in [6, 6.07) is 3.87. The average Bonchev–Trinajstić information content (AvgIpc) is 2.50. The summed E-state index contributed by atoms with van der Waals surface area (Å²) in [4.78, 5) is 11.2. The number of hydrogen-bond donors (Lipinski definition) is 1. The Labute approximate surface area is 75.2 Å². The van der Waals surface area contributed by atoms with Crippen molar-refractivity contribution in [2.75, 3.05) is 0 Å². The number of hydrogen-bond acceptors (Lipinski definition) is 2. The van der Waals surface area contributed by atoms with Crippen LogP contribution in [0.1, 0.15) is 18.9 Å². The first-order valence-electron chi connectivity index (χ1n) is 4.37. The molecule has 0 unspecified atom stereocenters. The van der Waals surface area contributed by atoms with Crippen molar-refractivity contribution in [3.8, 4) is 0 Å². The summed E-state index contributed by atoms with van der Waals surface area (Å²) in [6.07, 6.45) is 3.73. The van der Waals surface area contributed by atoms with Crippen molar-refractivity contribution >= 4 is 5.65 Å². The van der Waals surface area contributed by atoms with Crippen molar-refractivity contribution in [1.82, 2.24) is 14.6 Å². The monoisotopic (exact) mass is 177 g/mol. The standard InChI is InChI=1S/C9H11N3O/c1-2-4-7-5-3-6-12-8(7)10-11-9(12)13/h3,5-6H,2,4H2,1H3,(H,11,13). The van der Waals surface area contributed by atoms with Gasteiger partial charge in [-0.15, -0.1) is 0 Å². The lowest BCUT2D eigenvalue weighted by Gasteiger charge is -1.98. The van der Waals surface area contributed by atoms with Crippen molar-refractivity contribution in [3.05, 3.63) is 34.4 Å². The van der Waals surface area contributed by atoms with Crippen molar-refractivity contribution in [3.63, 3.8) is 0 Å². The molecule has 0 fully saturated rings. The third kappa shape index (κ3) is 1.24. The molecule has 0 aromatic carbocycles. The molecule has 68 valence electrons. The third-order valence-corrected chi connectivity index (χ3v) is 2.04. The molecular weight excluding hydrogens is 166 g/mol. The zero-order valence-electron chi connectivity index (χ0n) is 7.45. The van der Waals surface area contributed by atoms with Crippen LogP contribution in [0.3, 0.4) is 0 Å². The van der Waals surface area contributed by atoms with Gasteiger partial charge in [0.15, 0.2) is 5.65 Å². The van der Waals surface area contributed by atoms with E-state index in [1.165, 1.54) is 4.40 Å². The fourth-order valence-electron chi connectivity index (χ4n) is 1.45. The Morgan fingerprint density at radius 1 is 1.62 bits per heavy atom. The van der Waals surface area contributed by atoms with Gasteiger partial charge in [0.2, 0.25) is 0 Å². The van der Waals surface area contributed by atoms with E-state index in [9.17, 15) is 4.79 Å². The molecule has 13 heavy (non-hydrogen) atoms.